The molecule has 0 radical (unpaired) electrons. The molecule has 5 heterocycles. The van der Waals surface area contributed by atoms with Crippen molar-refractivity contribution in [2.75, 3.05) is 19.5 Å². The molecule has 3 aromatic heterocycles. The molecule has 10 nitrogen and oxygen atoms in total. The lowest BCUT2D eigenvalue weighted by molar-refractivity contribution is -0.0327. The zero-order valence-corrected chi connectivity index (χ0v) is 24.4. The lowest BCUT2D eigenvalue weighted by Gasteiger charge is -2.39. The molecule has 2 bridgehead atoms. The van der Waals surface area contributed by atoms with Crippen LogP contribution in [0.1, 0.15) is 35.5 Å². The van der Waals surface area contributed by atoms with Crippen molar-refractivity contribution in [3.05, 3.63) is 35.9 Å². The fourth-order valence-corrected chi connectivity index (χ4v) is 7.87. The number of rotatable bonds is 8. The number of benzene rings is 1. The first-order valence-electron chi connectivity index (χ1n) is 13.1. The Morgan fingerprint density at radius 2 is 2.10 bits per heavy atom. The summed E-state index contributed by atoms with van der Waals surface area (Å²) in [4.78, 5) is 19.1. The van der Waals surface area contributed by atoms with Gasteiger partial charge in [-0.15, -0.1) is 16.4 Å². The van der Waals surface area contributed by atoms with Gasteiger partial charge in [0.25, 0.3) is 5.91 Å². The number of hydrogen-bond donors (Lipinski definition) is 2. The van der Waals surface area contributed by atoms with Gasteiger partial charge in [0, 0.05) is 35.6 Å². The Morgan fingerprint density at radius 1 is 1.29 bits per heavy atom. The summed E-state index contributed by atoms with van der Waals surface area (Å²) in [7, 11) is 4.97. The number of nitrogens with zero attached hydrogens (tertiary/aromatic N) is 5. The normalized spacial score (nSPS) is 22.5. The smallest absolute Gasteiger partial charge is 0.446 e. The van der Waals surface area contributed by atoms with Crippen molar-refractivity contribution in [1.29, 1.82) is 0 Å². The second-order valence-corrected chi connectivity index (χ2v) is 12.4. The average molecular weight is 626 g/mol. The van der Waals surface area contributed by atoms with Gasteiger partial charge in [-0.1, -0.05) is 17.3 Å². The first kappa shape index (κ1) is 28.7. The minimum Gasteiger partial charge on any atom is -0.479 e. The summed E-state index contributed by atoms with van der Waals surface area (Å²) in [6, 6.07) is 4.65. The second-order valence-electron chi connectivity index (χ2n) is 10.3. The number of anilines is 1. The molecular formula is C26H27F4N7O3S2. The number of piperidine rings is 1. The van der Waals surface area contributed by atoms with Crippen LogP contribution >= 0.6 is 23.1 Å². The molecule has 4 atom stereocenters. The van der Waals surface area contributed by atoms with Crippen molar-refractivity contribution in [3.8, 4) is 16.6 Å². The lowest BCUT2D eigenvalue weighted by Crippen LogP contribution is -2.53. The Balaban J connectivity index is 1.28. The number of alkyl halides is 4. The third kappa shape index (κ3) is 5.42. The third-order valence-electron chi connectivity index (χ3n) is 7.71. The molecule has 0 unspecified atom stereocenters. The van der Waals surface area contributed by atoms with Crippen LogP contribution in [0.25, 0.3) is 20.8 Å². The lowest BCUT2D eigenvalue weighted by atomic mass is 9.95. The summed E-state index contributed by atoms with van der Waals surface area (Å²) in [6.45, 7) is -0.167. The predicted octanol–water partition coefficient (Wildman–Crippen LogP) is 5.22. The molecule has 2 aliphatic rings. The molecule has 6 rings (SSSR count). The van der Waals surface area contributed by atoms with Crippen LogP contribution in [0.2, 0.25) is 0 Å². The highest BCUT2D eigenvalue weighted by Crippen LogP contribution is 2.51. The number of amides is 1. The molecule has 16 heteroatoms. The summed E-state index contributed by atoms with van der Waals surface area (Å²) in [6.07, 6.45) is 2.71. The highest BCUT2D eigenvalue weighted by molar-refractivity contribution is 8.00. The molecule has 2 N–H and O–H groups in total. The number of halogens is 4. The van der Waals surface area contributed by atoms with Crippen LogP contribution in [0.5, 0.6) is 5.88 Å². The van der Waals surface area contributed by atoms with Gasteiger partial charge in [-0.05, 0) is 44.1 Å². The number of carbonyl (C=O) groups excluding carboxylic acids is 1. The minimum absolute atomic E-state index is 0.00189. The van der Waals surface area contributed by atoms with E-state index in [0.717, 1.165) is 24.2 Å². The number of carbonyl (C=O) groups is 1. The Labute approximate surface area is 245 Å². The van der Waals surface area contributed by atoms with Crippen molar-refractivity contribution >= 4 is 44.8 Å². The molecule has 4 aromatic rings. The van der Waals surface area contributed by atoms with E-state index in [1.54, 1.807) is 25.2 Å². The van der Waals surface area contributed by atoms with E-state index >= 15 is 4.39 Å². The average Bonchev–Trinajstić information content (AvgIpc) is 3.70. The largest absolute Gasteiger partial charge is 0.479 e. The number of methoxy groups -OCH3 is 1. The van der Waals surface area contributed by atoms with Crippen molar-refractivity contribution in [1.82, 2.24) is 30.1 Å². The maximum absolute atomic E-state index is 15.4. The van der Waals surface area contributed by atoms with Gasteiger partial charge in [-0.25, -0.2) is 4.39 Å². The highest BCUT2D eigenvalue weighted by Gasteiger charge is 2.46. The van der Waals surface area contributed by atoms with Gasteiger partial charge in [0.2, 0.25) is 17.6 Å². The summed E-state index contributed by atoms with van der Waals surface area (Å²) in [5.41, 5.74) is -3.82. The van der Waals surface area contributed by atoms with E-state index < -0.39 is 23.6 Å². The molecule has 2 aliphatic heterocycles. The summed E-state index contributed by atoms with van der Waals surface area (Å²) < 4.78 is 68.9. The Hall–Kier alpha value is -3.37. The molecule has 1 amide bonds. The fourth-order valence-electron chi connectivity index (χ4n) is 5.76. The van der Waals surface area contributed by atoms with Gasteiger partial charge in [0.15, 0.2) is 0 Å². The number of thioether (sulfide) groups is 1. The maximum Gasteiger partial charge on any atom is 0.446 e. The number of aryl methyl sites for hydroxylation is 1. The minimum atomic E-state index is -4.58. The van der Waals surface area contributed by atoms with Gasteiger partial charge < -0.3 is 19.9 Å². The van der Waals surface area contributed by atoms with Gasteiger partial charge in [-0.3, -0.25) is 14.4 Å². The zero-order chi connectivity index (χ0) is 29.8. The van der Waals surface area contributed by atoms with E-state index in [4.69, 9.17) is 9.26 Å². The molecule has 1 aromatic carbocycles. The molecule has 224 valence electrons. The van der Waals surface area contributed by atoms with E-state index in [-0.39, 0.29) is 63.3 Å². The monoisotopic (exact) mass is 625 g/mol. The molecule has 0 aliphatic carbocycles. The van der Waals surface area contributed by atoms with Crippen LogP contribution in [0, 0.1) is 0 Å². The number of ether oxygens (including phenoxy) is 1. The molecule has 0 saturated carbocycles. The van der Waals surface area contributed by atoms with Crippen LogP contribution in [0.3, 0.4) is 0 Å². The van der Waals surface area contributed by atoms with Crippen LogP contribution in [-0.4, -0.2) is 74.7 Å². The molecule has 42 heavy (non-hydrogen) atoms. The maximum atomic E-state index is 15.4. The quantitative estimate of drug-likeness (QED) is 0.201. The number of aromatic nitrogens is 4. The Kier molecular flexibility index (Phi) is 7.55. The summed E-state index contributed by atoms with van der Waals surface area (Å²) >= 11 is 0.821. The van der Waals surface area contributed by atoms with Crippen LogP contribution < -0.4 is 15.4 Å². The van der Waals surface area contributed by atoms with Crippen molar-refractivity contribution in [3.63, 3.8) is 0 Å². The third-order valence-corrected chi connectivity index (χ3v) is 9.93. The van der Waals surface area contributed by atoms with E-state index in [1.165, 1.54) is 18.0 Å². The highest BCUT2D eigenvalue weighted by atomic mass is 32.2. The standard InChI is InChI=1S/C26H27F4N7O3S2/c1-36-11-14(25(34-36)39-3)24(38)31-10-18-33-23(35-40-18)22-21(42-26(28,29)30)13-5-4-6-15(20(13)41-22)32-16-9-12-7-8-17(19(16)27)37(12)2/h4-6,11-12,16-17,19,32H,7-10H2,1-3H3,(H,31,38)/t12-,16-,17+,19-/m1/s1. The summed E-state index contributed by atoms with van der Waals surface area (Å²) in [5, 5.41) is 14.2. The SMILES string of the molecule is COc1nn(C)cc1C(=O)NCc1nc(-c2sc3c(N[C@@H]4C[C@H]5CC[C@@H]([C@@H]4F)N5C)cccc3c2SC(F)(F)F)no1. The molecular weight excluding hydrogens is 598 g/mol. The fraction of sp³-hybridized carbons (Fsp3) is 0.462. The predicted molar refractivity (Wildman–Crippen MR) is 149 cm³/mol. The van der Waals surface area contributed by atoms with Crippen molar-refractivity contribution in [2.45, 2.75) is 60.5 Å². The molecule has 0 spiro atoms. The van der Waals surface area contributed by atoms with Crippen LogP contribution in [0.15, 0.2) is 33.8 Å². The van der Waals surface area contributed by atoms with Crippen molar-refractivity contribution in [2.24, 2.45) is 7.05 Å². The molecule has 2 saturated heterocycles. The van der Waals surface area contributed by atoms with E-state index in [0.29, 0.717) is 22.2 Å². The van der Waals surface area contributed by atoms with Gasteiger partial charge in [0.05, 0.1) is 35.0 Å². The van der Waals surface area contributed by atoms with Crippen LogP contribution in [0.4, 0.5) is 23.2 Å². The number of hydrogen-bond acceptors (Lipinski definition) is 10. The second kappa shape index (κ2) is 11.0. The van der Waals surface area contributed by atoms with E-state index in [1.807, 2.05) is 7.05 Å². The van der Waals surface area contributed by atoms with Gasteiger partial charge in [-0.2, -0.15) is 18.2 Å². The number of thiophene rings is 1. The number of nitrogens with one attached hydrogen (secondary N) is 2. The van der Waals surface area contributed by atoms with Crippen LogP contribution in [-0.2, 0) is 13.6 Å². The van der Waals surface area contributed by atoms with E-state index in [2.05, 4.69) is 30.8 Å². The zero-order valence-electron chi connectivity index (χ0n) is 22.7. The Bertz CT molecular complexity index is 1620. The van der Waals surface area contributed by atoms with Crippen molar-refractivity contribution < 1.29 is 31.6 Å². The number of fused-ring (bicyclic) bond motifs is 3. The molecule has 2 fully saturated rings. The van der Waals surface area contributed by atoms with Gasteiger partial charge >= 0.3 is 5.51 Å². The Morgan fingerprint density at radius 3 is 2.86 bits per heavy atom. The first-order valence-corrected chi connectivity index (χ1v) is 14.8. The summed E-state index contributed by atoms with van der Waals surface area (Å²) in [5.74, 6) is -0.407. The first-order chi connectivity index (χ1) is 20.0. The van der Waals surface area contributed by atoms with E-state index in [9.17, 15) is 18.0 Å². The topological polar surface area (TPSA) is 110 Å². The van der Waals surface area contributed by atoms with Gasteiger partial charge in [0.1, 0.15) is 11.7 Å².